The number of carbonyl (C=O) groups excluding carboxylic acids is 2. The molecule has 3 rings (SSSR count). The Kier molecular flexibility index (Phi) is 7.70. The van der Waals surface area contributed by atoms with Crippen molar-refractivity contribution in [1.29, 1.82) is 0 Å². The van der Waals surface area contributed by atoms with Crippen molar-refractivity contribution >= 4 is 17.6 Å². The average molecular weight is 435 g/mol. The number of anilines is 1. The van der Waals surface area contributed by atoms with Crippen molar-refractivity contribution in [3.05, 3.63) is 83.9 Å². The van der Waals surface area contributed by atoms with Crippen LogP contribution in [0.15, 0.2) is 72.8 Å². The highest BCUT2D eigenvalue weighted by molar-refractivity contribution is 5.92. The third kappa shape index (κ3) is 6.01. The largest absolute Gasteiger partial charge is 0.497 e. The van der Waals surface area contributed by atoms with Gasteiger partial charge in [-0.2, -0.15) is 0 Å². The van der Waals surface area contributed by atoms with Crippen LogP contribution in [-0.4, -0.2) is 32.7 Å². The maximum absolute atomic E-state index is 12.5. The van der Waals surface area contributed by atoms with Crippen LogP contribution in [0.5, 0.6) is 17.2 Å². The minimum absolute atomic E-state index is 0.225. The van der Waals surface area contributed by atoms with Gasteiger partial charge in [0.1, 0.15) is 11.9 Å². The number of nitrogens with one attached hydrogen (secondary N) is 1. The van der Waals surface area contributed by atoms with E-state index in [1.54, 1.807) is 43.5 Å². The number of hydrogen-bond acceptors (Lipinski definition) is 6. The van der Waals surface area contributed by atoms with Gasteiger partial charge in [-0.05, 0) is 55.0 Å². The molecule has 0 heterocycles. The van der Waals surface area contributed by atoms with Crippen LogP contribution in [0.1, 0.15) is 28.9 Å². The van der Waals surface area contributed by atoms with E-state index < -0.39 is 12.1 Å². The zero-order chi connectivity index (χ0) is 22.9. The highest BCUT2D eigenvalue weighted by Crippen LogP contribution is 2.29. The number of carbonyl (C=O) groups is 2. The number of esters is 1. The topological polar surface area (TPSA) is 83.1 Å². The second kappa shape index (κ2) is 10.9. The van der Waals surface area contributed by atoms with Crippen molar-refractivity contribution in [2.45, 2.75) is 13.0 Å². The first-order chi connectivity index (χ1) is 15.5. The molecule has 0 fully saturated rings. The van der Waals surface area contributed by atoms with Gasteiger partial charge in [0.05, 0.1) is 19.8 Å². The first kappa shape index (κ1) is 22.7. The average Bonchev–Trinajstić information content (AvgIpc) is 2.83. The molecule has 166 valence electrons. The lowest BCUT2D eigenvalue weighted by Gasteiger charge is -2.15. The van der Waals surface area contributed by atoms with Gasteiger partial charge >= 0.3 is 5.97 Å². The maximum Gasteiger partial charge on any atom is 0.338 e. The molecule has 0 aliphatic rings. The first-order valence-electron chi connectivity index (χ1n) is 10.0. The molecule has 0 saturated carbocycles. The number of ether oxygens (including phenoxy) is 4. The molecule has 0 saturated heterocycles. The van der Waals surface area contributed by atoms with Crippen LogP contribution in [0.3, 0.4) is 0 Å². The van der Waals surface area contributed by atoms with Crippen molar-refractivity contribution in [3.8, 4) is 17.2 Å². The molecule has 7 nitrogen and oxygen atoms in total. The van der Waals surface area contributed by atoms with E-state index in [4.69, 9.17) is 18.9 Å². The first-order valence-corrected chi connectivity index (χ1v) is 10.0. The van der Waals surface area contributed by atoms with Crippen LogP contribution in [-0.2, 0) is 9.53 Å². The highest BCUT2D eigenvalue weighted by atomic mass is 16.5. The lowest BCUT2D eigenvalue weighted by molar-refractivity contribution is -0.118. The molecule has 0 bridgehead atoms. The molecule has 0 aromatic heterocycles. The molecule has 1 N–H and O–H groups in total. The molecule has 0 radical (unpaired) electrons. The van der Waals surface area contributed by atoms with Gasteiger partial charge in [-0.3, -0.25) is 4.79 Å². The third-order valence-electron chi connectivity index (χ3n) is 4.68. The molecular formula is C25H25NO6. The van der Waals surface area contributed by atoms with Gasteiger partial charge in [0, 0.05) is 5.69 Å². The fourth-order valence-corrected chi connectivity index (χ4v) is 2.95. The molecular weight excluding hydrogens is 410 g/mol. The molecule has 0 aliphatic heterocycles. The lowest BCUT2D eigenvalue weighted by atomic mass is 10.1. The Hall–Kier alpha value is -4.00. The van der Waals surface area contributed by atoms with Crippen LogP contribution >= 0.6 is 0 Å². The number of methoxy groups -OCH3 is 2. The van der Waals surface area contributed by atoms with E-state index in [0.29, 0.717) is 28.5 Å². The fraction of sp³-hybridized carbons (Fsp3) is 0.200. The lowest BCUT2D eigenvalue weighted by Crippen LogP contribution is -2.20. The summed E-state index contributed by atoms with van der Waals surface area (Å²) < 4.78 is 21.5. The molecule has 7 heteroatoms. The van der Waals surface area contributed by atoms with E-state index in [0.717, 1.165) is 5.56 Å². The summed E-state index contributed by atoms with van der Waals surface area (Å²) in [5.74, 6) is 0.538. The zero-order valence-corrected chi connectivity index (χ0v) is 18.2. The Labute approximate surface area is 186 Å². The Bertz CT molecular complexity index is 1050. The van der Waals surface area contributed by atoms with E-state index in [2.05, 4.69) is 5.32 Å². The maximum atomic E-state index is 12.5. The van der Waals surface area contributed by atoms with Crippen molar-refractivity contribution in [3.63, 3.8) is 0 Å². The molecule has 1 amide bonds. The van der Waals surface area contributed by atoms with Crippen molar-refractivity contribution in [2.75, 3.05) is 26.1 Å². The zero-order valence-electron chi connectivity index (χ0n) is 18.2. The third-order valence-corrected chi connectivity index (χ3v) is 4.68. The van der Waals surface area contributed by atoms with Gasteiger partial charge in [0.2, 0.25) is 0 Å². The Morgan fingerprint density at radius 3 is 2.25 bits per heavy atom. The van der Waals surface area contributed by atoms with E-state index in [-0.39, 0.29) is 12.5 Å². The number of hydrogen-bond donors (Lipinski definition) is 1. The standard InChI is InChI=1S/C25H25NO6/c1-17(18-7-5-4-6-8-18)32-25(28)19-9-14-22(23(15-19)30-3)31-16-24(27)26-20-10-12-21(29-2)13-11-20/h4-15,17H,16H2,1-3H3,(H,26,27). The predicted molar refractivity (Wildman–Crippen MR) is 120 cm³/mol. The van der Waals surface area contributed by atoms with Gasteiger partial charge in [-0.1, -0.05) is 30.3 Å². The molecule has 1 atom stereocenters. The number of amides is 1. The predicted octanol–water partition coefficient (Wildman–Crippen LogP) is 4.64. The summed E-state index contributed by atoms with van der Waals surface area (Å²) in [4.78, 5) is 24.7. The van der Waals surface area contributed by atoms with Gasteiger partial charge in [-0.15, -0.1) is 0 Å². The van der Waals surface area contributed by atoms with E-state index in [9.17, 15) is 9.59 Å². The van der Waals surface area contributed by atoms with Gasteiger partial charge in [0.25, 0.3) is 5.91 Å². The van der Waals surface area contributed by atoms with Crippen LogP contribution in [0.4, 0.5) is 5.69 Å². The minimum Gasteiger partial charge on any atom is -0.497 e. The highest BCUT2D eigenvalue weighted by Gasteiger charge is 2.17. The number of rotatable bonds is 9. The number of benzene rings is 3. The monoisotopic (exact) mass is 435 g/mol. The van der Waals surface area contributed by atoms with Crippen molar-refractivity contribution in [1.82, 2.24) is 0 Å². The Balaban J connectivity index is 1.59. The summed E-state index contributed by atoms with van der Waals surface area (Å²) in [5, 5.41) is 2.73. The van der Waals surface area contributed by atoms with E-state index in [1.165, 1.54) is 13.2 Å². The SMILES string of the molecule is COc1ccc(NC(=O)COc2ccc(C(=O)OC(C)c3ccccc3)cc2OC)cc1. The normalized spacial score (nSPS) is 11.2. The van der Waals surface area contributed by atoms with Crippen molar-refractivity contribution in [2.24, 2.45) is 0 Å². The summed E-state index contributed by atoms with van der Waals surface area (Å²) in [6.07, 6.45) is -0.396. The van der Waals surface area contributed by atoms with Gasteiger partial charge < -0.3 is 24.3 Å². The Morgan fingerprint density at radius 2 is 1.59 bits per heavy atom. The molecule has 32 heavy (non-hydrogen) atoms. The fourth-order valence-electron chi connectivity index (χ4n) is 2.95. The summed E-state index contributed by atoms with van der Waals surface area (Å²) in [6.45, 7) is 1.58. The molecule has 0 spiro atoms. The molecule has 3 aromatic rings. The molecule has 0 aliphatic carbocycles. The quantitative estimate of drug-likeness (QED) is 0.493. The second-order valence-electron chi connectivity index (χ2n) is 6.89. The van der Waals surface area contributed by atoms with Gasteiger partial charge in [-0.25, -0.2) is 4.79 Å². The minimum atomic E-state index is -0.483. The van der Waals surface area contributed by atoms with Crippen LogP contribution in [0.25, 0.3) is 0 Å². The van der Waals surface area contributed by atoms with Gasteiger partial charge in [0.15, 0.2) is 18.1 Å². The summed E-state index contributed by atoms with van der Waals surface area (Å²) in [6, 6.07) is 21.1. The van der Waals surface area contributed by atoms with Crippen LogP contribution in [0, 0.1) is 0 Å². The summed E-state index contributed by atoms with van der Waals surface area (Å²) in [7, 11) is 3.03. The van der Waals surface area contributed by atoms with E-state index in [1.807, 2.05) is 37.3 Å². The summed E-state index contributed by atoms with van der Waals surface area (Å²) >= 11 is 0. The molecule has 3 aromatic carbocycles. The second-order valence-corrected chi connectivity index (χ2v) is 6.89. The molecule has 1 unspecified atom stereocenters. The van der Waals surface area contributed by atoms with Crippen molar-refractivity contribution < 1.29 is 28.5 Å². The smallest absolute Gasteiger partial charge is 0.338 e. The van der Waals surface area contributed by atoms with Crippen LogP contribution < -0.4 is 19.5 Å². The van der Waals surface area contributed by atoms with Crippen LogP contribution in [0.2, 0.25) is 0 Å². The Morgan fingerprint density at radius 1 is 0.875 bits per heavy atom. The van der Waals surface area contributed by atoms with E-state index >= 15 is 0 Å². The summed E-state index contributed by atoms with van der Waals surface area (Å²) in [5.41, 5.74) is 1.84.